The Labute approximate surface area is 128 Å². The number of benzene rings is 1. The molecule has 0 fully saturated rings. The van der Waals surface area contributed by atoms with E-state index in [4.69, 9.17) is 9.47 Å². The minimum absolute atomic E-state index is 0.288. The highest BCUT2D eigenvalue weighted by molar-refractivity contribution is 7.91. The largest absolute Gasteiger partial charge is 0.497 e. The molecule has 0 saturated heterocycles. The summed E-state index contributed by atoms with van der Waals surface area (Å²) in [5, 5.41) is 1.73. The Balaban J connectivity index is 2.30. The van der Waals surface area contributed by atoms with Crippen LogP contribution < -0.4 is 14.2 Å². The Bertz CT molecular complexity index is 696. The van der Waals surface area contributed by atoms with E-state index in [9.17, 15) is 8.42 Å². The molecule has 114 valence electrons. The zero-order chi connectivity index (χ0) is 15.5. The molecule has 0 aliphatic rings. The van der Waals surface area contributed by atoms with Gasteiger partial charge in [0.1, 0.15) is 15.7 Å². The van der Waals surface area contributed by atoms with Crippen LogP contribution in [-0.2, 0) is 10.0 Å². The predicted molar refractivity (Wildman–Crippen MR) is 82.6 cm³/mol. The first-order valence-corrected chi connectivity index (χ1v) is 8.62. The van der Waals surface area contributed by atoms with Gasteiger partial charge in [0.2, 0.25) is 0 Å². The molecule has 7 heteroatoms. The predicted octanol–water partition coefficient (Wildman–Crippen LogP) is 2.80. The number of nitrogens with one attached hydrogen (secondary N) is 1. The molecule has 0 aliphatic heterocycles. The third kappa shape index (κ3) is 3.55. The van der Waals surface area contributed by atoms with E-state index in [-0.39, 0.29) is 4.21 Å². The smallest absolute Gasteiger partial charge is 0.250 e. The maximum Gasteiger partial charge on any atom is 0.250 e. The first kappa shape index (κ1) is 15.8. The van der Waals surface area contributed by atoms with Gasteiger partial charge in [0.15, 0.2) is 0 Å². The molecule has 0 saturated carbocycles. The van der Waals surface area contributed by atoms with Crippen LogP contribution in [0, 0.1) is 0 Å². The lowest BCUT2D eigenvalue weighted by Crippen LogP contribution is -2.26. The van der Waals surface area contributed by atoms with E-state index >= 15 is 0 Å². The molecule has 1 aromatic carbocycles. The highest BCUT2D eigenvalue weighted by Gasteiger charge is 2.21. The van der Waals surface area contributed by atoms with Crippen LogP contribution >= 0.6 is 11.3 Å². The Morgan fingerprint density at radius 2 is 1.95 bits per heavy atom. The van der Waals surface area contributed by atoms with Gasteiger partial charge in [-0.2, -0.15) is 0 Å². The third-order valence-electron chi connectivity index (χ3n) is 3.00. The minimum atomic E-state index is -3.54. The number of methoxy groups -OCH3 is 2. The van der Waals surface area contributed by atoms with Crippen molar-refractivity contribution in [3.05, 3.63) is 41.3 Å². The molecule has 1 aromatic heterocycles. The lowest BCUT2D eigenvalue weighted by molar-refractivity contribution is 0.395. The van der Waals surface area contributed by atoms with Crippen molar-refractivity contribution in [2.45, 2.75) is 17.2 Å². The van der Waals surface area contributed by atoms with Gasteiger partial charge in [0.25, 0.3) is 10.0 Å². The van der Waals surface area contributed by atoms with Gasteiger partial charge in [-0.05, 0) is 36.6 Å². The van der Waals surface area contributed by atoms with Crippen molar-refractivity contribution >= 4 is 21.4 Å². The minimum Gasteiger partial charge on any atom is -0.497 e. The van der Waals surface area contributed by atoms with Gasteiger partial charge in [0.05, 0.1) is 14.2 Å². The summed E-state index contributed by atoms with van der Waals surface area (Å²) in [5.41, 5.74) is 0.719. The number of hydrogen-bond acceptors (Lipinski definition) is 5. The van der Waals surface area contributed by atoms with E-state index in [0.717, 1.165) is 5.56 Å². The maximum absolute atomic E-state index is 12.3. The quantitative estimate of drug-likeness (QED) is 0.886. The van der Waals surface area contributed by atoms with Crippen LogP contribution in [0.1, 0.15) is 18.5 Å². The highest BCUT2D eigenvalue weighted by Crippen LogP contribution is 2.30. The molecule has 0 radical (unpaired) electrons. The molecule has 1 heterocycles. The normalized spacial score (nSPS) is 12.9. The van der Waals surface area contributed by atoms with Crippen molar-refractivity contribution in [2.24, 2.45) is 0 Å². The Morgan fingerprint density at radius 1 is 1.19 bits per heavy atom. The summed E-state index contributed by atoms with van der Waals surface area (Å²) < 4.78 is 37.9. The van der Waals surface area contributed by atoms with E-state index < -0.39 is 16.1 Å². The molecule has 21 heavy (non-hydrogen) atoms. The zero-order valence-electron chi connectivity index (χ0n) is 12.0. The fraction of sp³-hybridized carbons (Fsp3) is 0.286. The molecule has 0 amide bonds. The van der Waals surface area contributed by atoms with Gasteiger partial charge >= 0.3 is 0 Å². The highest BCUT2D eigenvalue weighted by atomic mass is 32.2. The van der Waals surface area contributed by atoms with Gasteiger partial charge in [-0.3, -0.25) is 0 Å². The summed E-state index contributed by atoms with van der Waals surface area (Å²) in [4.78, 5) is 0. The molecule has 2 rings (SSSR count). The maximum atomic E-state index is 12.3. The molecule has 1 N–H and O–H groups in total. The van der Waals surface area contributed by atoms with Crippen LogP contribution in [0.15, 0.2) is 39.9 Å². The standard InChI is InChI=1S/C14H17NO4S2/c1-10(15-21(16,17)14-5-4-8-20-14)12-9-11(18-2)6-7-13(12)19-3/h4-10,15H,1-3H3/t10-/m0/s1. The van der Waals surface area contributed by atoms with Gasteiger partial charge in [-0.15, -0.1) is 11.3 Å². The summed E-state index contributed by atoms with van der Waals surface area (Å²) >= 11 is 1.18. The van der Waals surface area contributed by atoms with Crippen LogP contribution in [0.3, 0.4) is 0 Å². The SMILES string of the molecule is COc1ccc(OC)c([C@H](C)NS(=O)(=O)c2cccs2)c1. The summed E-state index contributed by atoms with van der Waals surface area (Å²) in [5.74, 6) is 1.25. The second-order valence-electron chi connectivity index (χ2n) is 4.38. The Kier molecular flexibility index (Phi) is 4.87. The average Bonchev–Trinajstić information content (AvgIpc) is 3.01. The van der Waals surface area contributed by atoms with Crippen molar-refractivity contribution in [3.8, 4) is 11.5 Å². The first-order chi connectivity index (χ1) is 9.97. The summed E-state index contributed by atoms with van der Waals surface area (Å²) in [6, 6.07) is 8.12. The fourth-order valence-electron chi connectivity index (χ4n) is 1.95. The first-order valence-electron chi connectivity index (χ1n) is 6.25. The number of sulfonamides is 1. The van der Waals surface area contributed by atoms with Gasteiger partial charge in [-0.25, -0.2) is 13.1 Å². The van der Waals surface area contributed by atoms with Crippen molar-refractivity contribution in [1.29, 1.82) is 0 Å². The molecule has 1 atom stereocenters. The summed E-state index contributed by atoms with van der Waals surface area (Å²) in [6.07, 6.45) is 0. The van der Waals surface area contributed by atoms with Crippen molar-refractivity contribution in [3.63, 3.8) is 0 Å². The molecule has 0 unspecified atom stereocenters. The van der Waals surface area contributed by atoms with Gasteiger partial charge < -0.3 is 9.47 Å². The molecule has 0 aliphatic carbocycles. The van der Waals surface area contributed by atoms with E-state index in [1.165, 1.54) is 11.3 Å². The molecule has 0 bridgehead atoms. The molecular formula is C14H17NO4S2. The van der Waals surface area contributed by atoms with Gasteiger partial charge in [0, 0.05) is 11.6 Å². The van der Waals surface area contributed by atoms with E-state index in [0.29, 0.717) is 11.5 Å². The van der Waals surface area contributed by atoms with Crippen LogP contribution in [0.4, 0.5) is 0 Å². The summed E-state index contributed by atoms with van der Waals surface area (Å²) in [7, 11) is -0.428. The van der Waals surface area contributed by atoms with Crippen LogP contribution in [0.5, 0.6) is 11.5 Å². The Morgan fingerprint density at radius 3 is 2.52 bits per heavy atom. The lowest BCUT2D eigenvalue weighted by atomic mass is 10.1. The second kappa shape index (κ2) is 6.46. The molecule has 2 aromatic rings. The lowest BCUT2D eigenvalue weighted by Gasteiger charge is -2.17. The van der Waals surface area contributed by atoms with E-state index in [2.05, 4.69) is 4.72 Å². The number of thiophene rings is 1. The van der Waals surface area contributed by atoms with E-state index in [1.807, 2.05) is 0 Å². The van der Waals surface area contributed by atoms with Crippen molar-refractivity contribution in [1.82, 2.24) is 4.72 Å². The van der Waals surface area contributed by atoms with E-state index in [1.54, 1.807) is 56.9 Å². The molecule has 0 spiro atoms. The topological polar surface area (TPSA) is 64.6 Å². The number of rotatable bonds is 6. The Hall–Kier alpha value is -1.57. The zero-order valence-corrected chi connectivity index (χ0v) is 13.6. The average molecular weight is 327 g/mol. The van der Waals surface area contributed by atoms with Crippen LogP contribution in [-0.4, -0.2) is 22.6 Å². The third-order valence-corrected chi connectivity index (χ3v) is 5.93. The molecular weight excluding hydrogens is 310 g/mol. The van der Waals surface area contributed by atoms with Crippen molar-refractivity contribution < 1.29 is 17.9 Å². The van der Waals surface area contributed by atoms with Crippen molar-refractivity contribution in [2.75, 3.05) is 14.2 Å². The number of ether oxygens (including phenoxy) is 2. The van der Waals surface area contributed by atoms with Gasteiger partial charge in [-0.1, -0.05) is 6.07 Å². The molecule has 5 nitrogen and oxygen atoms in total. The second-order valence-corrected chi connectivity index (χ2v) is 7.27. The fourth-order valence-corrected chi connectivity index (χ4v) is 4.18. The summed E-state index contributed by atoms with van der Waals surface area (Å²) in [6.45, 7) is 1.77. The number of hydrogen-bond donors (Lipinski definition) is 1. The monoisotopic (exact) mass is 327 g/mol. The van der Waals surface area contributed by atoms with Crippen LogP contribution in [0.2, 0.25) is 0 Å². The van der Waals surface area contributed by atoms with Crippen LogP contribution in [0.25, 0.3) is 0 Å².